The lowest BCUT2D eigenvalue weighted by Gasteiger charge is -2.06. The Bertz CT molecular complexity index is 921. The van der Waals surface area contributed by atoms with Crippen LogP contribution in [0.25, 0.3) is 22.2 Å². The van der Waals surface area contributed by atoms with Crippen LogP contribution < -0.4 is 5.32 Å². The number of anilines is 2. The van der Waals surface area contributed by atoms with Crippen molar-refractivity contribution in [2.45, 2.75) is 6.92 Å². The van der Waals surface area contributed by atoms with Gasteiger partial charge in [0.15, 0.2) is 0 Å². The van der Waals surface area contributed by atoms with Gasteiger partial charge < -0.3 is 10.3 Å². The highest BCUT2D eigenvalue weighted by Gasteiger charge is 2.06. The summed E-state index contributed by atoms with van der Waals surface area (Å²) in [6.07, 6.45) is 5.53. The highest BCUT2D eigenvalue weighted by atomic mass is 15.1. The van der Waals surface area contributed by atoms with E-state index in [0.717, 1.165) is 33.7 Å². The summed E-state index contributed by atoms with van der Waals surface area (Å²) in [4.78, 5) is 7.87. The van der Waals surface area contributed by atoms with E-state index in [1.807, 2.05) is 30.6 Å². The van der Waals surface area contributed by atoms with Gasteiger partial charge in [-0.05, 0) is 30.7 Å². The normalized spacial score (nSPS) is 11.0. The third-order valence-electron chi connectivity index (χ3n) is 3.60. The Labute approximate surface area is 127 Å². The van der Waals surface area contributed by atoms with Crippen molar-refractivity contribution < 1.29 is 0 Å². The van der Waals surface area contributed by atoms with E-state index in [1.165, 1.54) is 5.56 Å². The van der Waals surface area contributed by atoms with Crippen LogP contribution in [-0.2, 0) is 0 Å². The number of hydrogen-bond donors (Lipinski definition) is 3. The maximum Gasteiger partial charge on any atom is 0.132 e. The minimum absolute atomic E-state index is 0.818. The molecule has 1 aromatic carbocycles. The van der Waals surface area contributed by atoms with Crippen molar-refractivity contribution in [2.24, 2.45) is 0 Å². The molecule has 0 aliphatic heterocycles. The second-order valence-corrected chi connectivity index (χ2v) is 5.32. The minimum Gasteiger partial charge on any atom is -0.354 e. The number of fused-ring (bicyclic) bond motifs is 1. The zero-order valence-corrected chi connectivity index (χ0v) is 12.1. The van der Waals surface area contributed by atoms with Gasteiger partial charge in [-0.3, -0.25) is 5.10 Å². The van der Waals surface area contributed by atoms with Gasteiger partial charge in [0.05, 0.1) is 11.7 Å². The Morgan fingerprint density at radius 2 is 2.05 bits per heavy atom. The Morgan fingerprint density at radius 1 is 1.09 bits per heavy atom. The highest BCUT2D eigenvalue weighted by molar-refractivity contribution is 5.87. The van der Waals surface area contributed by atoms with Gasteiger partial charge >= 0.3 is 0 Å². The molecule has 0 aliphatic rings. The first-order chi connectivity index (χ1) is 10.8. The predicted molar refractivity (Wildman–Crippen MR) is 88.1 cm³/mol. The quantitative estimate of drug-likeness (QED) is 0.534. The summed E-state index contributed by atoms with van der Waals surface area (Å²) in [5.41, 5.74) is 5.35. The molecule has 0 fully saturated rings. The van der Waals surface area contributed by atoms with Crippen LogP contribution in [0, 0.1) is 6.92 Å². The molecule has 0 saturated heterocycles. The fourth-order valence-electron chi connectivity index (χ4n) is 2.52. The third kappa shape index (κ3) is 2.33. The molecule has 4 aromatic rings. The number of aromatic amines is 2. The molecule has 5 heteroatoms. The van der Waals surface area contributed by atoms with Crippen molar-refractivity contribution in [3.8, 4) is 11.3 Å². The van der Waals surface area contributed by atoms with Crippen LogP contribution in [0.3, 0.4) is 0 Å². The van der Waals surface area contributed by atoms with Crippen molar-refractivity contribution in [3.05, 3.63) is 60.6 Å². The van der Waals surface area contributed by atoms with Gasteiger partial charge in [0.25, 0.3) is 0 Å². The van der Waals surface area contributed by atoms with Crippen LogP contribution in [0.15, 0.2) is 55.0 Å². The fourth-order valence-corrected chi connectivity index (χ4v) is 2.52. The van der Waals surface area contributed by atoms with Crippen molar-refractivity contribution in [2.75, 3.05) is 5.32 Å². The maximum atomic E-state index is 4.47. The average molecular weight is 289 g/mol. The molecule has 22 heavy (non-hydrogen) atoms. The van der Waals surface area contributed by atoms with E-state index >= 15 is 0 Å². The number of aryl methyl sites for hydroxylation is 1. The summed E-state index contributed by atoms with van der Waals surface area (Å²) < 4.78 is 0. The Kier molecular flexibility index (Phi) is 2.89. The fraction of sp³-hybridized carbons (Fsp3) is 0.0588. The van der Waals surface area contributed by atoms with Gasteiger partial charge in [-0.1, -0.05) is 12.1 Å². The first-order valence-electron chi connectivity index (χ1n) is 7.09. The van der Waals surface area contributed by atoms with Gasteiger partial charge in [0.2, 0.25) is 0 Å². The van der Waals surface area contributed by atoms with Crippen LogP contribution in [-0.4, -0.2) is 20.2 Å². The molecule has 0 saturated carbocycles. The van der Waals surface area contributed by atoms with E-state index < -0.39 is 0 Å². The molecule has 3 aromatic heterocycles. The predicted octanol–water partition coefficient (Wildman–Crippen LogP) is 4.01. The molecule has 0 radical (unpaired) electrons. The number of benzene rings is 1. The smallest absolute Gasteiger partial charge is 0.132 e. The Morgan fingerprint density at radius 3 is 2.86 bits per heavy atom. The monoisotopic (exact) mass is 289 g/mol. The van der Waals surface area contributed by atoms with Crippen molar-refractivity contribution in [1.29, 1.82) is 0 Å². The summed E-state index contributed by atoms with van der Waals surface area (Å²) in [6.45, 7) is 2.07. The SMILES string of the molecule is Cc1cccc(Nc2cc3[nH]c(-c4cn[nH]c4)cc3cn2)c1. The van der Waals surface area contributed by atoms with Crippen LogP contribution in [0.1, 0.15) is 5.56 Å². The molecule has 108 valence electrons. The second kappa shape index (κ2) is 5.04. The number of H-pyrrole nitrogens is 2. The Hall–Kier alpha value is -3.08. The van der Waals surface area contributed by atoms with Gasteiger partial charge in [-0.2, -0.15) is 5.10 Å². The Balaban J connectivity index is 1.68. The topological polar surface area (TPSA) is 69.4 Å². The van der Waals surface area contributed by atoms with Gasteiger partial charge in [0.1, 0.15) is 5.82 Å². The first-order valence-corrected chi connectivity index (χ1v) is 7.09. The summed E-state index contributed by atoms with van der Waals surface area (Å²) in [6, 6.07) is 12.3. The van der Waals surface area contributed by atoms with E-state index in [2.05, 4.69) is 50.6 Å². The lowest BCUT2D eigenvalue weighted by molar-refractivity contribution is 1.09. The van der Waals surface area contributed by atoms with Gasteiger partial charge in [0, 0.05) is 40.8 Å². The largest absolute Gasteiger partial charge is 0.354 e. The van der Waals surface area contributed by atoms with E-state index in [-0.39, 0.29) is 0 Å². The number of nitrogens with zero attached hydrogens (tertiary/aromatic N) is 2. The number of rotatable bonds is 3. The summed E-state index contributed by atoms with van der Waals surface area (Å²) in [5.74, 6) is 0.818. The molecule has 0 spiro atoms. The van der Waals surface area contributed by atoms with Crippen molar-refractivity contribution in [3.63, 3.8) is 0 Å². The molecular formula is C17H15N5. The number of hydrogen-bond acceptors (Lipinski definition) is 3. The second-order valence-electron chi connectivity index (χ2n) is 5.32. The van der Waals surface area contributed by atoms with Crippen LogP contribution >= 0.6 is 0 Å². The molecule has 0 amide bonds. The van der Waals surface area contributed by atoms with Crippen LogP contribution in [0.4, 0.5) is 11.5 Å². The number of pyridine rings is 1. The lowest BCUT2D eigenvalue weighted by Crippen LogP contribution is -1.93. The van der Waals surface area contributed by atoms with Gasteiger partial charge in [-0.15, -0.1) is 0 Å². The number of aromatic nitrogens is 4. The number of nitrogens with one attached hydrogen (secondary N) is 3. The van der Waals surface area contributed by atoms with Crippen LogP contribution in [0.2, 0.25) is 0 Å². The molecule has 3 N–H and O–H groups in total. The van der Waals surface area contributed by atoms with Gasteiger partial charge in [-0.25, -0.2) is 4.98 Å². The van der Waals surface area contributed by atoms with E-state index in [4.69, 9.17) is 0 Å². The minimum atomic E-state index is 0.818. The summed E-state index contributed by atoms with van der Waals surface area (Å²) in [7, 11) is 0. The zero-order chi connectivity index (χ0) is 14.9. The van der Waals surface area contributed by atoms with E-state index in [0.29, 0.717) is 0 Å². The maximum absolute atomic E-state index is 4.47. The first kappa shape index (κ1) is 12.6. The third-order valence-corrected chi connectivity index (χ3v) is 3.60. The molecule has 0 unspecified atom stereocenters. The molecule has 3 heterocycles. The van der Waals surface area contributed by atoms with E-state index in [9.17, 15) is 0 Å². The molecular weight excluding hydrogens is 274 g/mol. The van der Waals surface area contributed by atoms with E-state index in [1.54, 1.807) is 6.20 Å². The molecule has 5 nitrogen and oxygen atoms in total. The lowest BCUT2D eigenvalue weighted by atomic mass is 10.2. The average Bonchev–Trinajstić information content (AvgIpc) is 3.16. The van der Waals surface area contributed by atoms with Crippen molar-refractivity contribution >= 4 is 22.4 Å². The highest BCUT2D eigenvalue weighted by Crippen LogP contribution is 2.25. The molecule has 0 bridgehead atoms. The standard InChI is InChI=1S/C17H15N5/c1-11-3-2-4-14(5-11)21-17-7-16-12(8-18-17)6-15(22-16)13-9-19-20-10-13/h2-10,22H,1H3,(H,18,21)(H,19,20). The molecule has 0 atom stereocenters. The molecule has 0 aliphatic carbocycles. The zero-order valence-electron chi connectivity index (χ0n) is 12.1. The summed E-state index contributed by atoms with van der Waals surface area (Å²) >= 11 is 0. The van der Waals surface area contributed by atoms with Crippen molar-refractivity contribution in [1.82, 2.24) is 20.2 Å². The summed E-state index contributed by atoms with van der Waals surface area (Å²) in [5, 5.41) is 11.2. The molecule has 4 rings (SSSR count). The van der Waals surface area contributed by atoms with Crippen LogP contribution in [0.5, 0.6) is 0 Å².